The summed E-state index contributed by atoms with van der Waals surface area (Å²) >= 11 is 0. The monoisotopic (exact) mass is 481 g/mol. The summed E-state index contributed by atoms with van der Waals surface area (Å²) in [4.78, 5) is 29.6. The highest BCUT2D eigenvalue weighted by Gasteiger charge is 2.27. The Bertz CT molecular complexity index is 1360. The van der Waals surface area contributed by atoms with E-state index in [9.17, 15) is 14.7 Å². The molecule has 2 amide bonds. The Morgan fingerprint density at radius 1 is 1.00 bits per heavy atom. The Balaban J connectivity index is 1.37. The van der Waals surface area contributed by atoms with Crippen molar-refractivity contribution in [3.8, 4) is 17.0 Å². The first-order chi connectivity index (χ1) is 17.6. The number of nitrogens with zero attached hydrogens (tertiary/aromatic N) is 3. The Morgan fingerprint density at radius 2 is 1.78 bits per heavy atom. The second-order valence-corrected chi connectivity index (χ2v) is 8.88. The summed E-state index contributed by atoms with van der Waals surface area (Å²) in [5.41, 5.74) is 3.89. The molecule has 2 aromatic carbocycles. The van der Waals surface area contributed by atoms with E-state index in [-0.39, 0.29) is 23.6 Å². The summed E-state index contributed by atoms with van der Waals surface area (Å²) in [5, 5.41) is 21.0. The summed E-state index contributed by atoms with van der Waals surface area (Å²) in [6, 6.07) is 19.6. The fourth-order valence-electron chi connectivity index (χ4n) is 4.24. The van der Waals surface area contributed by atoms with E-state index >= 15 is 0 Å². The zero-order valence-electron chi connectivity index (χ0n) is 19.7. The summed E-state index contributed by atoms with van der Waals surface area (Å²) in [7, 11) is 0. The van der Waals surface area contributed by atoms with E-state index in [0.717, 1.165) is 36.9 Å². The molecule has 0 bridgehead atoms. The van der Waals surface area contributed by atoms with E-state index in [4.69, 9.17) is 0 Å². The largest absolute Gasteiger partial charge is 0.507 e. The lowest BCUT2D eigenvalue weighted by Gasteiger charge is -2.25. The van der Waals surface area contributed by atoms with Gasteiger partial charge in [0.25, 0.3) is 5.91 Å². The van der Waals surface area contributed by atoms with Gasteiger partial charge in [-0.1, -0.05) is 36.8 Å². The lowest BCUT2D eigenvalue weighted by Crippen LogP contribution is -2.33. The van der Waals surface area contributed by atoms with Crippen molar-refractivity contribution >= 4 is 17.6 Å². The Kier molecular flexibility index (Phi) is 6.75. The minimum atomic E-state index is -0.291. The molecule has 0 unspecified atom stereocenters. The lowest BCUT2D eigenvalue weighted by molar-refractivity contribution is 0.102. The number of hydrogen-bond acceptors (Lipinski definition) is 5. The molecule has 2 heterocycles. The van der Waals surface area contributed by atoms with Gasteiger partial charge < -0.3 is 15.7 Å². The van der Waals surface area contributed by atoms with Crippen LogP contribution in [0.3, 0.4) is 0 Å². The van der Waals surface area contributed by atoms with Crippen molar-refractivity contribution in [2.75, 3.05) is 11.9 Å². The van der Waals surface area contributed by atoms with Crippen LogP contribution in [0.2, 0.25) is 0 Å². The third-order valence-electron chi connectivity index (χ3n) is 6.46. The Morgan fingerprint density at radius 3 is 2.50 bits per heavy atom. The molecular formula is C28H27N5O3. The van der Waals surface area contributed by atoms with Crippen molar-refractivity contribution < 1.29 is 14.7 Å². The average molecular weight is 482 g/mol. The van der Waals surface area contributed by atoms with Gasteiger partial charge in [0.1, 0.15) is 5.75 Å². The molecular weight excluding hydrogens is 454 g/mol. The van der Waals surface area contributed by atoms with E-state index in [0.29, 0.717) is 29.1 Å². The second-order valence-electron chi connectivity index (χ2n) is 8.88. The molecule has 36 heavy (non-hydrogen) atoms. The van der Waals surface area contributed by atoms with Crippen LogP contribution in [0, 0.1) is 0 Å². The van der Waals surface area contributed by atoms with Crippen LogP contribution in [0.1, 0.15) is 46.8 Å². The fraction of sp³-hybridized carbons (Fsp3) is 0.214. The molecule has 1 aliphatic rings. The maximum absolute atomic E-state index is 13.1. The fourth-order valence-corrected chi connectivity index (χ4v) is 4.24. The molecule has 4 aromatic rings. The molecule has 8 nitrogen and oxygen atoms in total. The van der Waals surface area contributed by atoms with Gasteiger partial charge >= 0.3 is 6.03 Å². The van der Waals surface area contributed by atoms with Gasteiger partial charge in [-0.05, 0) is 61.2 Å². The van der Waals surface area contributed by atoms with E-state index in [1.165, 1.54) is 10.7 Å². The first-order valence-corrected chi connectivity index (χ1v) is 12.1. The van der Waals surface area contributed by atoms with Crippen LogP contribution in [-0.4, -0.2) is 38.4 Å². The summed E-state index contributed by atoms with van der Waals surface area (Å²) in [5.74, 6) is -0.0124. The minimum Gasteiger partial charge on any atom is -0.507 e. The van der Waals surface area contributed by atoms with Gasteiger partial charge in [-0.3, -0.25) is 9.78 Å². The van der Waals surface area contributed by atoms with Crippen LogP contribution in [0.15, 0.2) is 79.1 Å². The van der Waals surface area contributed by atoms with Crippen molar-refractivity contribution in [2.24, 2.45) is 0 Å². The van der Waals surface area contributed by atoms with E-state index < -0.39 is 0 Å². The molecule has 1 aliphatic carbocycles. The molecule has 0 spiro atoms. The SMILES string of the molecule is O=C(Nc1ccc(O)c(-c2cc(C3CCC3)n(C(=O)NCCc3ccccc3)n2)c1)c1ccncc1. The van der Waals surface area contributed by atoms with Gasteiger partial charge in [-0.25, -0.2) is 4.79 Å². The minimum absolute atomic E-state index is 0.0196. The zero-order chi connectivity index (χ0) is 24.9. The molecule has 1 fully saturated rings. The van der Waals surface area contributed by atoms with Gasteiger partial charge in [-0.15, -0.1) is 0 Å². The number of aromatic nitrogens is 3. The molecule has 1 saturated carbocycles. The third-order valence-corrected chi connectivity index (χ3v) is 6.46. The molecule has 0 saturated heterocycles. The number of carbonyl (C=O) groups excluding carboxylic acids is 2. The summed E-state index contributed by atoms with van der Waals surface area (Å²) in [6.07, 6.45) is 6.93. The number of rotatable bonds is 7. The van der Waals surface area contributed by atoms with Crippen molar-refractivity contribution in [3.63, 3.8) is 0 Å². The lowest BCUT2D eigenvalue weighted by atomic mass is 9.82. The molecule has 3 N–H and O–H groups in total. The van der Waals surface area contributed by atoms with Gasteiger partial charge in [0.2, 0.25) is 0 Å². The smallest absolute Gasteiger partial charge is 0.342 e. The standard InChI is InChI=1S/C28H27N5O3/c34-26-10-9-22(31-27(35)21-12-14-29-15-13-21)17-23(26)24-18-25(20-7-4-8-20)33(32-24)28(36)30-16-11-19-5-2-1-3-6-19/h1-3,5-6,9-10,12-15,17-18,20,34H,4,7-8,11,16H2,(H,30,36)(H,31,35). The number of nitrogens with one attached hydrogen (secondary N) is 2. The van der Waals surface area contributed by atoms with Gasteiger partial charge in [0.15, 0.2) is 0 Å². The van der Waals surface area contributed by atoms with Crippen LogP contribution in [0.4, 0.5) is 10.5 Å². The van der Waals surface area contributed by atoms with E-state index in [2.05, 4.69) is 20.7 Å². The zero-order valence-corrected chi connectivity index (χ0v) is 19.7. The number of anilines is 1. The van der Waals surface area contributed by atoms with Crippen molar-refractivity contribution in [2.45, 2.75) is 31.6 Å². The van der Waals surface area contributed by atoms with Crippen LogP contribution < -0.4 is 10.6 Å². The highest BCUT2D eigenvalue weighted by atomic mass is 16.3. The van der Waals surface area contributed by atoms with Crippen LogP contribution >= 0.6 is 0 Å². The molecule has 182 valence electrons. The third kappa shape index (κ3) is 5.12. The predicted molar refractivity (Wildman–Crippen MR) is 137 cm³/mol. The molecule has 0 atom stereocenters. The average Bonchev–Trinajstić information content (AvgIpc) is 3.29. The molecule has 8 heteroatoms. The number of carbonyl (C=O) groups is 2. The van der Waals surface area contributed by atoms with Gasteiger partial charge in [0, 0.05) is 41.7 Å². The molecule has 2 aromatic heterocycles. The van der Waals surface area contributed by atoms with Crippen molar-refractivity contribution in [1.82, 2.24) is 20.1 Å². The van der Waals surface area contributed by atoms with Crippen LogP contribution in [-0.2, 0) is 6.42 Å². The Labute approximate surface area is 209 Å². The van der Waals surface area contributed by atoms with E-state index in [1.807, 2.05) is 36.4 Å². The molecule has 5 rings (SSSR count). The van der Waals surface area contributed by atoms with E-state index in [1.54, 1.807) is 36.7 Å². The summed E-state index contributed by atoms with van der Waals surface area (Å²) in [6.45, 7) is 0.490. The highest BCUT2D eigenvalue weighted by Crippen LogP contribution is 2.39. The maximum atomic E-state index is 13.1. The number of pyridine rings is 1. The van der Waals surface area contributed by atoms with Gasteiger partial charge in [-0.2, -0.15) is 9.78 Å². The first-order valence-electron chi connectivity index (χ1n) is 12.1. The number of hydrogen-bond donors (Lipinski definition) is 3. The van der Waals surface area contributed by atoms with Crippen molar-refractivity contribution in [1.29, 1.82) is 0 Å². The molecule has 0 radical (unpaired) electrons. The predicted octanol–water partition coefficient (Wildman–Crippen LogP) is 4.97. The number of phenolic OH excluding ortho intramolecular Hbond substituents is 1. The van der Waals surface area contributed by atoms with Crippen LogP contribution in [0.5, 0.6) is 5.75 Å². The quantitative estimate of drug-likeness (QED) is 0.323. The summed E-state index contributed by atoms with van der Waals surface area (Å²) < 4.78 is 1.42. The highest BCUT2D eigenvalue weighted by molar-refractivity contribution is 6.04. The van der Waals surface area contributed by atoms with Gasteiger partial charge in [0.05, 0.1) is 11.4 Å². The number of aromatic hydroxyl groups is 1. The molecule has 0 aliphatic heterocycles. The van der Waals surface area contributed by atoms with Crippen LogP contribution in [0.25, 0.3) is 11.3 Å². The normalized spacial score (nSPS) is 13.1. The first kappa shape index (κ1) is 23.3. The van der Waals surface area contributed by atoms with Crippen molar-refractivity contribution in [3.05, 3.63) is 95.9 Å². The Hall–Kier alpha value is -4.46. The number of benzene rings is 2. The number of phenols is 1. The topological polar surface area (TPSA) is 109 Å². The number of amides is 2. The maximum Gasteiger partial charge on any atom is 0.342 e. The second kappa shape index (κ2) is 10.4.